The molecular formula is C14H18O3. The highest BCUT2D eigenvalue weighted by molar-refractivity contribution is 5.34. The van der Waals surface area contributed by atoms with Crippen LogP contribution < -0.4 is 0 Å². The Morgan fingerprint density at radius 3 is 3.06 bits per heavy atom. The molecule has 0 amide bonds. The van der Waals surface area contributed by atoms with Crippen LogP contribution in [0.4, 0.5) is 0 Å². The highest BCUT2D eigenvalue weighted by Gasteiger charge is 2.62. The monoisotopic (exact) mass is 234 g/mol. The van der Waals surface area contributed by atoms with Crippen LogP contribution in [0.1, 0.15) is 33.1 Å². The molecule has 17 heavy (non-hydrogen) atoms. The lowest BCUT2D eigenvalue weighted by Crippen LogP contribution is -2.56. The Labute approximate surface area is 101 Å². The molecule has 1 spiro atoms. The van der Waals surface area contributed by atoms with Gasteiger partial charge in [0, 0.05) is 0 Å². The molecule has 2 saturated heterocycles. The lowest BCUT2D eigenvalue weighted by molar-refractivity contribution is -0.151. The Kier molecular flexibility index (Phi) is 1.77. The van der Waals surface area contributed by atoms with Gasteiger partial charge in [0.25, 0.3) is 0 Å². The van der Waals surface area contributed by atoms with Crippen molar-refractivity contribution in [3.8, 4) is 0 Å². The van der Waals surface area contributed by atoms with Gasteiger partial charge >= 0.3 is 0 Å². The summed E-state index contributed by atoms with van der Waals surface area (Å²) < 4.78 is 18.2. The van der Waals surface area contributed by atoms with E-state index in [2.05, 4.69) is 18.2 Å². The summed E-state index contributed by atoms with van der Waals surface area (Å²) >= 11 is 0. The fourth-order valence-electron chi connectivity index (χ4n) is 3.70. The Hall–Kier alpha value is -0.800. The van der Waals surface area contributed by atoms with E-state index in [1.54, 1.807) is 0 Å². The van der Waals surface area contributed by atoms with Crippen molar-refractivity contribution in [2.75, 3.05) is 0 Å². The third kappa shape index (κ3) is 1.19. The molecule has 5 rings (SSSR count). The molecule has 2 bridgehead atoms. The largest absolute Gasteiger partial charge is 0.487 e. The first-order valence-electron chi connectivity index (χ1n) is 6.53. The molecular weight excluding hydrogens is 216 g/mol. The smallest absolute Gasteiger partial charge is 0.164 e. The fraction of sp³-hybridized carbons (Fsp3) is 0.714. The summed E-state index contributed by atoms with van der Waals surface area (Å²) in [6, 6.07) is 0. The molecule has 92 valence electrons. The minimum absolute atomic E-state index is 0.0352. The second-order valence-electron chi connectivity index (χ2n) is 5.96. The van der Waals surface area contributed by atoms with Crippen molar-refractivity contribution in [2.24, 2.45) is 5.41 Å². The highest BCUT2D eigenvalue weighted by atomic mass is 16.8. The van der Waals surface area contributed by atoms with E-state index < -0.39 is 5.79 Å². The predicted molar refractivity (Wildman–Crippen MR) is 62.2 cm³/mol. The van der Waals surface area contributed by atoms with Crippen molar-refractivity contribution in [1.82, 2.24) is 0 Å². The topological polar surface area (TPSA) is 27.7 Å². The number of allylic oxidation sites excluding steroid dienone is 1. The first-order valence-corrected chi connectivity index (χ1v) is 6.53. The third-order valence-corrected chi connectivity index (χ3v) is 4.39. The molecule has 3 heterocycles. The maximum absolute atomic E-state index is 6.15. The molecule has 4 atom stereocenters. The van der Waals surface area contributed by atoms with E-state index in [0.717, 1.165) is 18.6 Å². The first-order chi connectivity index (χ1) is 8.11. The average molecular weight is 234 g/mol. The summed E-state index contributed by atoms with van der Waals surface area (Å²) in [6.45, 7) is 3.99. The van der Waals surface area contributed by atoms with Gasteiger partial charge in [-0.25, -0.2) is 0 Å². The Balaban J connectivity index is 1.83. The van der Waals surface area contributed by atoms with E-state index in [0.29, 0.717) is 0 Å². The van der Waals surface area contributed by atoms with E-state index in [1.165, 1.54) is 6.42 Å². The van der Waals surface area contributed by atoms with Crippen LogP contribution in [0.25, 0.3) is 0 Å². The Morgan fingerprint density at radius 2 is 2.18 bits per heavy atom. The van der Waals surface area contributed by atoms with Crippen molar-refractivity contribution in [1.29, 1.82) is 0 Å². The summed E-state index contributed by atoms with van der Waals surface area (Å²) in [7, 11) is 0. The summed E-state index contributed by atoms with van der Waals surface area (Å²) in [5.74, 6) is 0.641. The molecule has 2 fully saturated rings. The van der Waals surface area contributed by atoms with Gasteiger partial charge in [0.2, 0.25) is 0 Å². The van der Waals surface area contributed by atoms with Crippen LogP contribution in [-0.2, 0) is 14.2 Å². The summed E-state index contributed by atoms with van der Waals surface area (Å²) in [4.78, 5) is 0. The van der Waals surface area contributed by atoms with Crippen LogP contribution in [0.2, 0.25) is 0 Å². The zero-order chi connectivity index (χ0) is 11.7. The van der Waals surface area contributed by atoms with Gasteiger partial charge in [0.15, 0.2) is 5.79 Å². The minimum atomic E-state index is -0.483. The van der Waals surface area contributed by atoms with Crippen molar-refractivity contribution >= 4 is 0 Å². The lowest BCUT2D eigenvalue weighted by atomic mass is 9.65. The molecule has 5 aliphatic rings. The molecule has 3 heteroatoms. The average Bonchev–Trinajstić information content (AvgIpc) is 2.66. The van der Waals surface area contributed by atoms with Crippen molar-refractivity contribution in [2.45, 2.75) is 57.2 Å². The SMILES string of the molecule is CC1(C)O[C@H]2[C@H]3C=C[C@@]4(CCCC=C4O3)[C@H]2O1. The van der Waals surface area contributed by atoms with Crippen LogP contribution in [0.5, 0.6) is 0 Å². The Morgan fingerprint density at radius 1 is 1.29 bits per heavy atom. The van der Waals surface area contributed by atoms with E-state index in [1.807, 2.05) is 13.8 Å². The van der Waals surface area contributed by atoms with Crippen LogP contribution in [0, 0.1) is 5.41 Å². The zero-order valence-electron chi connectivity index (χ0n) is 10.3. The molecule has 0 unspecified atom stereocenters. The maximum atomic E-state index is 6.15. The number of hydrogen-bond donors (Lipinski definition) is 0. The number of hydrogen-bond acceptors (Lipinski definition) is 3. The van der Waals surface area contributed by atoms with Gasteiger partial charge in [-0.15, -0.1) is 0 Å². The molecule has 0 saturated carbocycles. The van der Waals surface area contributed by atoms with Gasteiger partial charge in [-0.3, -0.25) is 0 Å². The summed E-state index contributed by atoms with van der Waals surface area (Å²) in [6.07, 6.45) is 10.4. The normalized spacial score (nSPS) is 49.3. The summed E-state index contributed by atoms with van der Waals surface area (Å²) in [5, 5.41) is 0. The maximum Gasteiger partial charge on any atom is 0.164 e. The quantitative estimate of drug-likeness (QED) is 0.603. The zero-order valence-corrected chi connectivity index (χ0v) is 10.3. The fourth-order valence-corrected chi connectivity index (χ4v) is 3.70. The lowest BCUT2D eigenvalue weighted by Gasteiger charge is -2.51. The van der Waals surface area contributed by atoms with Crippen molar-refractivity contribution in [3.63, 3.8) is 0 Å². The molecule has 0 N–H and O–H groups in total. The molecule has 3 aliphatic heterocycles. The van der Waals surface area contributed by atoms with Gasteiger partial charge < -0.3 is 14.2 Å². The van der Waals surface area contributed by atoms with Crippen molar-refractivity contribution < 1.29 is 14.2 Å². The minimum Gasteiger partial charge on any atom is -0.487 e. The van der Waals surface area contributed by atoms with Gasteiger partial charge in [0.1, 0.15) is 24.1 Å². The molecule has 0 aromatic heterocycles. The third-order valence-electron chi connectivity index (χ3n) is 4.39. The predicted octanol–water partition coefficient (Wildman–Crippen LogP) is 2.53. The van der Waals surface area contributed by atoms with E-state index in [9.17, 15) is 0 Å². The summed E-state index contributed by atoms with van der Waals surface area (Å²) in [5.41, 5.74) is -0.0502. The standard InChI is InChI=1S/C14H18O3/c1-13(2)16-11-9-6-8-14(12(11)17-13)7-4-3-5-10(14)15-9/h5-6,8-9,11-12H,3-4,7H2,1-2H3/t9-,11+,12+,14-/m1/s1. The van der Waals surface area contributed by atoms with Crippen LogP contribution in [0.3, 0.4) is 0 Å². The van der Waals surface area contributed by atoms with Gasteiger partial charge in [-0.2, -0.15) is 0 Å². The van der Waals surface area contributed by atoms with Crippen LogP contribution in [0.15, 0.2) is 24.0 Å². The van der Waals surface area contributed by atoms with Gasteiger partial charge in [-0.05, 0) is 45.3 Å². The Bertz CT molecular complexity index is 423. The van der Waals surface area contributed by atoms with E-state index in [-0.39, 0.29) is 23.7 Å². The highest BCUT2D eigenvalue weighted by Crippen LogP contribution is 2.56. The van der Waals surface area contributed by atoms with E-state index in [4.69, 9.17) is 14.2 Å². The van der Waals surface area contributed by atoms with Crippen LogP contribution in [-0.4, -0.2) is 24.1 Å². The molecule has 0 aromatic rings. The molecule has 2 aliphatic carbocycles. The number of rotatable bonds is 0. The molecule has 0 radical (unpaired) electrons. The van der Waals surface area contributed by atoms with Crippen molar-refractivity contribution in [3.05, 3.63) is 24.0 Å². The van der Waals surface area contributed by atoms with Gasteiger partial charge in [-0.1, -0.05) is 6.08 Å². The second-order valence-corrected chi connectivity index (χ2v) is 5.96. The number of ether oxygens (including phenoxy) is 3. The molecule has 3 nitrogen and oxygen atoms in total. The first kappa shape index (κ1) is 10.2. The van der Waals surface area contributed by atoms with E-state index >= 15 is 0 Å². The van der Waals surface area contributed by atoms with Crippen LogP contribution >= 0.6 is 0 Å². The molecule has 0 aromatic carbocycles. The second kappa shape index (κ2) is 2.96. The van der Waals surface area contributed by atoms with Gasteiger partial charge in [0.05, 0.1) is 5.41 Å².